The minimum absolute atomic E-state index is 0.0539. The molecule has 1 aromatic carbocycles. The van der Waals surface area contributed by atoms with Crippen molar-refractivity contribution in [2.45, 2.75) is 82.9 Å². The monoisotopic (exact) mass is 398 g/mol. The van der Waals surface area contributed by atoms with Gasteiger partial charge < -0.3 is 14.4 Å². The first-order valence-electron chi connectivity index (χ1n) is 10.6. The zero-order valence-electron chi connectivity index (χ0n) is 18.0. The lowest BCUT2D eigenvalue weighted by Gasteiger charge is -2.51. The van der Waals surface area contributed by atoms with Crippen LogP contribution in [0.2, 0.25) is 5.82 Å². The Morgan fingerprint density at radius 1 is 1.03 bits per heavy atom. The van der Waals surface area contributed by atoms with Crippen molar-refractivity contribution in [2.24, 2.45) is 11.3 Å². The molecule has 4 atom stereocenters. The van der Waals surface area contributed by atoms with Gasteiger partial charge in [0.05, 0.1) is 28.1 Å². The summed E-state index contributed by atoms with van der Waals surface area (Å²) in [4.78, 5) is 26.4. The van der Waals surface area contributed by atoms with Crippen LogP contribution in [0.25, 0.3) is 0 Å². The molecule has 29 heavy (non-hydrogen) atoms. The zero-order valence-corrected chi connectivity index (χ0v) is 18.0. The highest BCUT2D eigenvalue weighted by atomic mass is 16.7. The molecule has 0 aromatic heterocycles. The molecule has 3 aliphatic rings. The molecular weight excluding hydrogens is 367 g/mol. The molecule has 3 fully saturated rings. The van der Waals surface area contributed by atoms with Crippen LogP contribution in [-0.2, 0) is 14.1 Å². The Balaban J connectivity index is 1.77. The second kappa shape index (κ2) is 6.50. The number of carbonyl (C=O) groups is 2. The van der Waals surface area contributed by atoms with Gasteiger partial charge in [-0.25, -0.2) is 0 Å². The molecule has 0 amide bonds. The van der Waals surface area contributed by atoms with E-state index in [1.807, 2.05) is 52.8 Å². The molecule has 1 saturated heterocycles. The molecule has 1 aromatic rings. The second-order valence-corrected chi connectivity index (χ2v) is 10.2. The Hall–Kier alpha value is -1.50. The van der Waals surface area contributed by atoms with E-state index in [0.717, 1.165) is 0 Å². The van der Waals surface area contributed by atoms with Crippen LogP contribution in [0.4, 0.5) is 0 Å². The quantitative estimate of drug-likeness (QED) is 0.619. The normalized spacial score (nSPS) is 38.1. The van der Waals surface area contributed by atoms with Crippen LogP contribution in [0.5, 0.6) is 0 Å². The summed E-state index contributed by atoms with van der Waals surface area (Å²) in [7, 11) is -0.595. The molecule has 0 unspecified atom stereocenters. The van der Waals surface area contributed by atoms with Crippen molar-refractivity contribution in [3.63, 3.8) is 0 Å². The summed E-state index contributed by atoms with van der Waals surface area (Å²) in [6.45, 7) is 9.78. The van der Waals surface area contributed by atoms with Crippen molar-refractivity contribution in [3.8, 4) is 0 Å². The van der Waals surface area contributed by atoms with E-state index < -0.39 is 35.3 Å². The highest BCUT2D eigenvalue weighted by molar-refractivity contribution is 6.48. The van der Waals surface area contributed by atoms with Crippen molar-refractivity contribution in [1.82, 2.24) is 0 Å². The number of hydrogen-bond acceptors (Lipinski definition) is 5. The van der Waals surface area contributed by atoms with Gasteiger partial charge in [-0.15, -0.1) is 0 Å². The summed E-state index contributed by atoms with van der Waals surface area (Å²) in [5.41, 5.74) is -2.78. The molecule has 2 saturated carbocycles. The van der Waals surface area contributed by atoms with Gasteiger partial charge in [-0.2, -0.15) is 0 Å². The number of rotatable bonds is 3. The first-order chi connectivity index (χ1) is 13.4. The van der Waals surface area contributed by atoms with Gasteiger partial charge in [0.2, 0.25) is 0 Å². The van der Waals surface area contributed by atoms with Crippen molar-refractivity contribution < 1.29 is 24.0 Å². The van der Waals surface area contributed by atoms with E-state index in [4.69, 9.17) is 9.31 Å². The first kappa shape index (κ1) is 20.8. The molecule has 6 heteroatoms. The van der Waals surface area contributed by atoms with Gasteiger partial charge in [-0.3, -0.25) is 9.59 Å². The maximum absolute atomic E-state index is 13.7. The molecule has 5 nitrogen and oxygen atoms in total. The Bertz CT molecular complexity index is 819. The van der Waals surface area contributed by atoms with Crippen LogP contribution in [0, 0.1) is 11.3 Å². The lowest BCUT2D eigenvalue weighted by Crippen LogP contribution is -2.59. The van der Waals surface area contributed by atoms with Gasteiger partial charge in [0.25, 0.3) is 0 Å². The number of aliphatic hydroxyl groups is 1. The molecule has 0 spiro atoms. The molecule has 0 bridgehead atoms. The smallest absolute Gasteiger partial charge is 0.403 e. The standard InChI is InChI=1S/C23H31BO5/c1-20(2)21(3,4)29-24(28-20)16-11-13-22(5)17(25)12-14-23(22,27)18(16)19(26)15-9-7-6-8-10-15/h6-10,16,18,27H,11-14H2,1-5H3/t16-,18-,22-,23+/m1/s1. The van der Waals surface area contributed by atoms with Crippen molar-refractivity contribution in [3.05, 3.63) is 35.9 Å². The van der Waals surface area contributed by atoms with Crippen LogP contribution in [-0.4, -0.2) is 40.6 Å². The van der Waals surface area contributed by atoms with Gasteiger partial charge in [-0.1, -0.05) is 36.8 Å². The van der Waals surface area contributed by atoms with Crippen LogP contribution in [0.1, 0.15) is 70.7 Å². The summed E-state index contributed by atoms with van der Waals surface area (Å²) in [6, 6.07) is 9.05. The number of fused-ring (bicyclic) bond motifs is 1. The Morgan fingerprint density at radius 2 is 1.62 bits per heavy atom. The van der Waals surface area contributed by atoms with Crippen LogP contribution >= 0.6 is 0 Å². The molecule has 0 radical (unpaired) electrons. The fourth-order valence-corrected chi connectivity index (χ4v) is 5.48. The fraction of sp³-hybridized carbons (Fsp3) is 0.652. The molecule has 1 aliphatic heterocycles. The highest BCUT2D eigenvalue weighted by Crippen LogP contribution is 2.61. The highest BCUT2D eigenvalue weighted by Gasteiger charge is 2.69. The van der Waals surface area contributed by atoms with Gasteiger partial charge in [0.1, 0.15) is 5.78 Å². The van der Waals surface area contributed by atoms with Gasteiger partial charge >= 0.3 is 7.12 Å². The topological polar surface area (TPSA) is 72.8 Å². The maximum atomic E-state index is 13.7. The largest absolute Gasteiger partial charge is 0.462 e. The Morgan fingerprint density at radius 3 is 2.21 bits per heavy atom. The van der Waals surface area contributed by atoms with Crippen LogP contribution in [0.3, 0.4) is 0 Å². The predicted molar refractivity (Wildman–Crippen MR) is 111 cm³/mol. The molecular formula is C23H31BO5. The third kappa shape index (κ3) is 2.87. The van der Waals surface area contributed by atoms with E-state index in [1.165, 1.54) is 0 Å². The average molecular weight is 398 g/mol. The number of ketones is 2. The number of benzene rings is 1. The molecule has 4 rings (SSSR count). The van der Waals surface area contributed by atoms with E-state index in [-0.39, 0.29) is 17.4 Å². The van der Waals surface area contributed by atoms with Gasteiger partial charge in [0.15, 0.2) is 5.78 Å². The van der Waals surface area contributed by atoms with Crippen LogP contribution in [0.15, 0.2) is 30.3 Å². The fourth-order valence-electron chi connectivity index (χ4n) is 5.48. The average Bonchev–Trinajstić information content (AvgIpc) is 3.03. The zero-order chi connectivity index (χ0) is 21.2. The summed E-state index contributed by atoms with van der Waals surface area (Å²) in [5.74, 6) is -1.14. The number of hydrogen-bond donors (Lipinski definition) is 1. The Kier molecular flexibility index (Phi) is 4.65. The summed E-state index contributed by atoms with van der Waals surface area (Å²) in [5, 5.41) is 11.9. The van der Waals surface area contributed by atoms with Crippen molar-refractivity contribution >= 4 is 18.7 Å². The van der Waals surface area contributed by atoms with E-state index in [2.05, 4.69) is 0 Å². The molecule has 2 aliphatic carbocycles. The second-order valence-electron chi connectivity index (χ2n) is 10.2. The predicted octanol–water partition coefficient (Wildman–Crippen LogP) is 3.84. The van der Waals surface area contributed by atoms with E-state index in [1.54, 1.807) is 12.1 Å². The maximum Gasteiger partial charge on any atom is 0.462 e. The third-order valence-corrected chi connectivity index (χ3v) is 8.19. The lowest BCUT2D eigenvalue weighted by molar-refractivity contribution is -0.147. The third-order valence-electron chi connectivity index (χ3n) is 8.19. The Labute approximate surface area is 173 Å². The van der Waals surface area contributed by atoms with Crippen molar-refractivity contribution in [1.29, 1.82) is 0 Å². The SMILES string of the molecule is CC1(C)OB([C@@H]2CC[C@]3(C)C(=O)CC[C@]3(O)[C@H]2C(=O)c2ccccc2)OC1(C)C. The minimum atomic E-state index is -1.39. The summed E-state index contributed by atoms with van der Waals surface area (Å²) >= 11 is 0. The van der Waals surface area contributed by atoms with Crippen molar-refractivity contribution in [2.75, 3.05) is 0 Å². The number of Topliss-reactive ketones (excluding diaryl/α,β-unsaturated/α-hetero) is 2. The van der Waals surface area contributed by atoms with Gasteiger partial charge in [-0.05, 0) is 47.5 Å². The van der Waals surface area contributed by atoms with Crippen LogP contribution < -0.4 is 0 Å². The minimum Gasteiger partial charge on any atom is -0.403 e. The first-order valence-corrected chi connectivity index (χ1v) is 10.6. The van der Waals surface area contributed by atoms with E-state index in [9.17, 15) is 14.7 Å². The molecule has 1 heterocycles. The summed E-state index contributed by atoms with van der Waals surface area (Å²) < 4.78 is 12.6. The van der Waals surface area contributed by atoms with Gasteiger partial charge in [0, 0.05) is 17.8 Å². The van der Waals surface area contributed by atoms with E-state index >= 15 is 0 Å². The van der Waals surface area contributed by atoms with E-state index in [0.29, 0.717) is 31.2 Å². The lowest BCUT2D eigenvalue weighted by atomic mass is 9.47. The summed E-state index contributed by atoms with van der Waals surface area (Å²) in [6.07, 6.45) is 1.75. The molecule has 1 N–H and O–H groups in total. The number of carbonyl (C=O) groups excluding carboxylic acids is 2. The molecule has 156 valence electrons.